The number of aromatic nitrogens is 4. The van der Waals surface area contributed by atoms with Crippen LogP contribution in [0.15, 0.2) is 97.3 Å². The molecule has 1 aliphatic heterocycles. The Morgan fingerprint density at radius 1 is 0.959 bits per heavy atom. The van der Waals surface area contributed by atoms with E-state index in [1.807, 2.05) is 30.3 Å². The highest BCUT2D eigenvalue weighted by atomic mass is 35.5. The summed E-state index contributed by atoms with van der Waals surface area (Å²) in [6.45, 7) is 0.223. The monoisotopic (exact) mass is 677 g/mol. The van der Waals surface area contributed by atoms with Gasteiger partial charge in [0.05, 0.1) is 18.4 Å². The Morgan fingerprint density at radius 3 is 2.39 bits per heavy atom. The van der Waals surface area contributed by atoms with Crippen LogP contribution in [0.2, 0.25) is 5.02 Å². The van der Waals surface area contributed by atoms with Crippen molar-refractivity contribution in [2.75, 3.05) is 24.3 Å². The molecule has 3 N–H and O–H groups in total. The van der Waals surface area contributed by atoms with E-state index in [-0.39, 0.29) is 12.1 Å². The number of aromatic carboxylic acids is 1. The van der Waals surface area contributed by atoms with Crippen molar-refractivity contribution in [1.29, 1.82) is 0 Å². The van der Waals surface area contributed by atoms with Gasteiger partial charge in [0.15, 0.2) is 0 Å². The molecule has 0 bridgehead atoms. The van der Waals surface area contributed by atoms with Gasteiger partial charge in [0, 0.05) is 34.6 Å². The number of fused-ring (bicyclic) bond motifs is 1. The summed E-state index contributed by atoms with van der Waals surface area (Å²) in [5.74, 6) is -1.98. The second kappa shape index (κ2) is 14.2. The molecule has 0 radical (unpaired) electrons. The highest BCUT2D eigenvalue weighted by molar-refractivity contribution is 6.30. The van der Waals surface area contributed by atoms with Gasteiger partial charge in [0.25, 0.3) is 5.91 Å². The Bertz CT molecular complexity index is 2070. The zero-order chi connectivity index (χ0) is 34.5. The van der Waals surface area contributed by atoms with Crippen LogP contribution in [-0.2, 0) is 20.7 Å². The van der Waals surface area contributed by atoms with E-state index in [1.54, 1.807) is 36.4 Å². The summed E-state index contributed by atoms with van der Waals surface area (Å²) in [5, 5.41) is 26.5. The highest BCUT2D eigenvalue weighted by Crippen LogP contribution is 2.37. The Morgan fingerprint density at radius 2 is 1.69 bits per heavy atom. The molecule has 0 fully saturated rings. The van der Waals surface area contributed by atoms with Crippen molar-refractivity contribution >= 4 is 52.9 Å². The number of ether oxygens (including phenoxy) is 1. The number of nitrogens with one attached hydrogen (secondary N) is 2. The number of rotatable bonds is 8. The average Bonchev–Trinajstić information content (AvgIpc) is 3.65. The third kappa shape index (κ3) is 7.16. The summed E-state index contributed by atoms with van der Waals surface area (Å²) in [7, 11) is 1.28. The molecular weight excluding hydrogens is 650 g/mol. The number of carbonyl (C=O) groups excluding carboxylic acids is 3. The third-order valence-corrected chi connectivity index (χ3v) is 8.21. The van der Waals surface area contributed by atoms with E-state index in [9.17, 15) is 24.3 Å². The van der Waals surface area contributed by atoms with Gasteiger partial charge in [-0.3, -0.25) is 14.9 Å². The van der Waals surface area contributed by atoms with Crippen molar-refractivity contribution in [3.8, 4) is 16.8 Å². The van der Waals surface area contributed by atoms with Crippen LogP contribution < -0.4 is 10.6 Å². The zero-order valence-electron chi connectivity index (χ0n) is 25.9. The molecular formula is C35H28ClN7O6. The van der Waals surface area contributed by atoms with Crippen molar-refractivity contribution in [1.82, 2.24) is 25.1 Å². The SMILES string of the molecule is COC(=O)Nc1ccc(-c2cccc3c2CCN(C(=O)C=Cc2cc(Cl)ccc2-n2cnnn2)C3C(=O)Nc2ccc(C(=O)O)cc2)cc1. The van der Waals surface area contributed by atoms with E-state index in [2.05, 4.69) is 30.9 Å². The standard InChI is InChI=1S/C35H28ClN7O6/c1-49-35(48)39-26-11-5-21(6-12-26)27-3-2-4-29-28(27)17-18-42(32(29)33(45)38-25-13-7-22(8-14-25)34(46)47)31(44)16-9-23-19-24(36)10-15-30(23)43-20-37-40-41-43/h2-16,19-20,32H,17-18H2,1H3,(H,38,45)(H,39,48)(H,46,47). The largest absolute Gasteiger partial charge is 0.478 e. The Hall–Kier alpha value is -6.34. The molecule has 246 valence electrons. The van der Waals surface area contributed by atoms with Gasteiger partial charge in [-0.1, -0.05) is 41.9 Å². The molecule has 0 spiro atoms. The number of benzene rings is 4. The van der Waals surface area contributed by atoms with Crippen LogP contribution in [0.1, 0.15) is 33.1 Å². The quantitative estimate of drug-likeness (QED) is 0.176. The third-order valence-electron chi connectivity index (χ3n) is 7.97. The summed E-state index contributed by atoms with van der Waals surface area (Å²) >= 11 is 6.27. The maximum Gasteiger partial charge on any atom is 0.411 e. The van der Waals surface area contributed by atoms with E-state index in [4.69, 9.17) is 11.6 Å². The molecule has 0 saturated carbocycles. The molecule has 14 heteroatoms. The van der Waals surface area contributed by atoms with Gasteiger partial charge in [0.1, 0.15) is 12.4 Å². The topological polar surface area (TPSA) is 169 Å². The number of carboxylic acid groups (broad SMARTS) is 1. The normalized spacial score (nSPS) is 13.8. The minimum atomic E-state index is -1.09. The minimum Gasteiger partial charge on any atom is -0.478 e. The number of carboxylic acids is 1. The minimum absolute atomic E-state index is 0.0717. The van der Waals surface area contributed by atoms with Crippen LogP contribution in [0.4, 0.5) is 16.2 Å². The molecule has 4 aromatic carbocycles. The summed E-state index contributed by atoms with van der Waals surface area (Å²) in [5.41, 5.74) is 5.43. The predicted molar refractivity (Wildman–Crippen MR) is 181 cm³/mol. The number of hydrogen-bond acceptors (Lipinski definition) is 8. The van der Waals surface area contributed by atoms with Gasteiger partial charge in [-0.25, -0.2) is 9.59 Å². The van der Waals surface area contributed by atoms with Crippen LogP contribution >= 0.6 is 11.6 Å². The summed E-state index contributed by atoms with van der Waals surface area (Å²) in [4.78, 5) is 52.5. The maximum atomic E-state index is 14.1. The second-order valence-corrected chi connectivity index (χ2v) is 11.4. The van der Waals surface area contributed by atoms with E-state index in [0.29, 0.717) is 39.6 Å². The fraction of sp³-hybridized carbons (Fsp3) is 0.114. The smallest absolute Gasteiger partial charge is 0.411 e. The molecule has 0 saturated heterocycles. The van der Waals surface area contributed by atoms with E-state index >= 15 is 0 Å². The molecule has 2 heterocycles. The first-order valence-corrected chi connectivity index (χ1v) is 15.3. The van der Waals surface area contributed by atoms with Gasteiger partial charge in [-0.05, 0) is 99.8 Å². The fourth-order valence-electron chi connectivity index (χ4n) is 5.66. The summed E-state index contributed by atoms with van der Waals surface area (Å²) < 4.78 is 6.12. The zero-order valence-corrected chi connectivity index (χ0v) is 26.7. The molecule has 3 amide bonds. The van der Waals surface area contributed by atoms with Crippen LogP contribution in [0.25, 0.3) is 22.9 Å². The van der Waals surface area contributed by atoms with Gasteiger partial charge >= 0.3 is 12.1 Å². The number of anilines is 2. The number of amides is 3. The molecule has 1 atom stereocenters. The molecule has 1 aliphatic rings. The lowest BCUT2D eigenvalue weighted by Crippen LogP contribution is -2.45. The summed E-state index contributed by atoms with van der Waals surface area (Å²) in [6.07, 6.45) is 4.27. The van der Waals surface area contributed by atoms with Gasteiger partial charge < -0.3 is 20.1 Å². The Kier molecular flexibility index (Phi) is 9.44. The number of methoxy groups -OCH3 is 1. The first kappa shape index (κ1) is 32.6. The molecule has 1 unspecified atom stereocenters. The molecule has 1 aromatic heterocycles. The van der Waals surface area contributed by atoms with E-state index in [0.717, 1.165) is 16.7 Å². The molecule has 0 aliphatic carbocycles. The fourth-order valence-corrected chi connectivity index (χ4v) is 5.85. The van der Waals surface area contributed by atoms with E-state index < -0.39 is 29.9 Å². The van der Waals surface area contributed by atoms with Crippen molar-refractivity contribution in [3.05, 3.63) is 125 Å². The van der Waals surface area contributed by atoms with Crippen molar-refractivity contribution in [2.24, 2.45) is 0 Å². The molecule has 6 rings (SSSR count). The van der Waals surface area contributed by atoms with Crippen molar-refractivity contribution < 1.29 is 29.0 Å². The predicted octanol–water partition coefficient (Wildman–Crippen LogP) is 5.64. The number of hydrogen-bond donors (Lipinski definition) is 3. The maximum absolute atomic E-state index is 14.1. The molecule has 5 aromatic rings. The highest BCUT2D eigenvalue weighted by Gasteiger charge is 2.36. The number of carbonyl (C=O) groups is 4. The lowest BCUT2D eigenvalue weighted by atomic mass is 9.86. The Balaban J connectivity index is 1.35. The first-order chi connectivity index (χ1) is 23.7. The van der Waals surface area contributed by atoms with Crippen LogP contribution in [0.3, 0.4) is 0 Å². The summed E-state index contributed by atoms with van der Waals surface area (Å²) in [6, 6.07) is 22.6. The second-order valence-electron chi connectivity index (χ2n) is 10.9. The lowest BCUT2D eigenvalue weighted by Gasteiger charge is -2.37. The number of tetrazole rings is 1. The first-order valence-electron chi connectivity index (χ1n) is 14.9. The van der Waals surface area contributed by atoms with E-state index in [1.165, 1.54) is 53.4 Å². The van der Waals surface area contributed by atoms with Crippen molar-refractivity contribution in [3.63, 3.8) is 0 Å². The van der Waals surface area contributed by atoms with Gasteiger partial charge in [-0.2, -0.15) is 4.68 Å². The molecule has 13 nitrogen and oxygen atoms in total. The Labute approximate surface area is 284 Å². The van der Waals surface area contributed by atoms with Gasteiger partial charge in [0.2, 0.25) is 5.91 Å². The lowest BCUT2D eigenvalue weighted by molar-refractivity contribution is -0.135. The average molecular weight is 678 g/mol. The molecule has 49 heavy (non-hydrogen) atoms. The van der Waals surface area contributed by atoms with Crippen LogP contribution in [0.5, 0.6) is 0 Å². The van der Waals surface area contributed by atoms with Gasteiger partial charge in [-0.15, -0.1) is 5.10 Å². The van der Waals surface area contributed by atoms with Crippen LogP contribution in [0, 0.1) is 0 Å². The van der Waals surface area contributed by atoms with Crippen LogP contribution in [-0.4, -0.2) is 67.7 Å². The number of halogens is 1. The van der Waals surface area contributed by atoms with Crippen molar-refractivity contribution in [2.45, 2.75) is 12.5 Å². The number of nitrogens with zero attached hydrogens (tertiary/aromatic N) is 5.